The summed E-state index contributed by atoms with van der Waals surface area (Å²) >= 11 is 0. The average molecular weight is 384 g/mol. The van der Waals surface area contributed by atoms with E-state index < -0.39 is 0 Å². The first-order valence-corrected chi connectivity index (χ1v) is 9.23. The van der Waals surface area contributed by atoms with E-state index in [1.807, 2.05) is 11.0 Å². The van der Waals surface area contributed by atoms with Gasteiger partial charge in [-0.1, -0.05) is 6.08 Å². The Kier molecular flexibility index (Phi) is 6.19. The molecule has 0 unspecified atom stereocenters. The Balaban J connectivity index is 1.75. The van der Waals surface area contributed by atoms with Crippen molar-refractivity contribution in [3.63, 3.8) is 0 Å². The number of piperazine rings is 1. The molecule has 28 heavy (non-hydrogen) atoms. The lowest BCUT2D eigenvalue weighted by molar-refractivity contribution is 0.0746. The normalized spacial score (nSPS) is 14.0. The van der Waals surface area contributed by atoms with Gasteiger partial charge >= 0.3 is 0 Å². The van der Waals surface area contributed by atoms with E-state index in [2.05, 4.69) is 11.5 Å². The number of benzene rings is 2. The largest absolute Gasteiger partial charge is 0.493 e. The van der Waals surface area contributed by atoms with Gasteiger partial charge in [0.25, 0.3) is 5.91 Å². The quantitative estimate of drug-likeness (QED) is 0.715. The average Bonchev–Trinajstić information content (AvgIpc) is 2.73. The third kappa shape index (κ3) is 4.11. The van der Waals surface area contributed by atoms with Crippen LogP contribution in [0.3, 0.4) is 0 Å². The number of ether oxygens (including phenoxy) is 2. The third-order valence-electron chi connectivity index (χ3n) is 4.93. The van der Waals surface area contributed by atoms with Crippen LogP contribution < -0.4 is 14.4 Å². The molecule has 0 radical (unpaired) electrons. The number of hydrogen-bond donors (Lipinski definition) is 0. The molecular weight excluding hydrogens is 359 g/mol. The molecule has 2 aromatic rings. The molecule has 1 saturated heterocycles. The van der Waals surface area contributed by atoms with Gasteiger partial charge in [-0.05, 0) is 42.8 Å². The van der Waals surface area contributed by atoms with E-state index in [0.717, 1.165) is 11.3 Å². The maximum absolute atomic E-state index is 13.1. The van der Waals surface area contributed by atoms with Crippen LogP contribution in [0.1, 0.15) is 15.9 Å². The van der Waals surface area contributed by atoms with Crippen molar-refractivity contribution in [3.05, 3.63) is 66.0 Å². The molecule has 1 heterocycles. The van der Waals surface area contributed by atoms with Crippen molar-refractivity contribution in [1.29, 1.82) is 0 Å². The Morgan fingerprint density at radius 1 is 1.11 bits per heavy atom. The molecule has 0 N–H and O–H groups in total. The van der Waals surface area contributed by atoms with Crippen LogP contribution in [0.25, 0.3) is 0 Å². The molecule has 148 valence electrons. The Morgan fingerprint density at radius 3 is 2.36 bits per heavy atom. The first-order chi connectivity index (χ1) is 13.6. The molecular formula is C22H25FN2O3. The van der Waals surface area contributed by atoms with Gasteiger partial charge in [-0.15, -0.1) is 6.58 Å². The summed E-state index contributed by atoms with van der Waals surface area (Å²) in [6.45, 7) is 6.37. The van der Waals surface area contributed by atoms with E-state index >= 15 is 0 Å². The summed E-state index contributed by atoms with van der Waals surface area (Å²) in [6, 6.07) is 10.0. The topological polar surface area (TPSA) is 42.0 Å². The number of hydrogen-bond acceptors (Lipinski definition) is 4. The maximum Gasteiger partial charge on any atom is 0.254 e. The highest BCUT2D eigenvalue weighted by Crippen LogP contribution is 2.33. The van der Waals surface area contributed by atoms with Crippen molar-refractivity contribution in [2.45, 2.75) is 6.42 Å². The molecule has 0 saturated carbocycles. The summed E-state index contributed by atoms with van der Waals surface area (Å²) in [5.74, 6) is 0.876. The Morgan fingerprint density at radius 2 is 1.79 bits per heavy atom. The minimum atomic E-state index is -0.249. The Bertz CT molecular complexity index is 844. The maximum atomic E-state index is 13.1. The molecule has 0 aliphatic carbocycles. The monoisotopic (exact) mass is 384 g/mol. The van der Waals surface area contributed by atoms with Gasteiger partial charge in [0.1, 0.15) is 5.82 Å². The van der Waals surface area contributed by atoms with Gasteiger partial charge in [0.15, 0.2) is 11.5 Å². The van der Waals surface area contributed by atoms with Crippen LogP contribution in [0.4, 0.5) is 10.1 Å². The van der Waals surface area contributed by atoms with Gasteiger partial charge in [-0.2, -0.15) is 0 Å². The lowest BCUT2D eigenvalue weighted by Gasteiger charge is -2.36. The molecule has 5 nitrogen and oxygen atoms in total. The fourth-order valence-electron chi connectivity index (χ4n) is 3.48. The molecule has 1 amide bonds. The fraction of sp³-hybridized carbons (Fsp3) is 0.318. The second-order valence-electron chi connectivity index (χ2n) is 6.62. The molecule has 1 aliphatic rings. The predicted molar refractivity (Wildman–Crippen MR) is 108 cm³/mol. The highest BCUT2D eigenvalue weighted by atomic mass is 19.1. The van der Waals surface area contributed by atoms with E-state index in [-0.39, 0.29) is 11.7 Å². The summed E-state index contributed by atoms with van der Waals surface area (Å²) < 4.78 is 24.0. The standard InChI is InChI=1S/C22H25FN2O3/c1-4-5-16-14-17(15-20(27-2)21(16)28-3)22(26)25-12-10-24(11-13-25)19-8-6-18(23)7-9-19/h4,6-9,14-15H,1,5,10-13H2,2-3H3. The van der Waals surface area contributed by atoms with Crippen LogP contribution in [0.15, 0.2) is 49.1 Å². The minimum absolute atomic E-state index is 0.0370. The lowest BCUT2D eigenvalue weighted by atomic mass is 10.0. The van der Waals surface area contributed by atoms with Crippen molar-refractivity contribution in [2.24, 2.45) is 0 Å². The van der Waals surface area contributed by atoms with Gasteiger partial charge in [0, 0.05) is 43.0 Å². The molecule has 0 aromatic heterocycles. The second kappa shape index (κ2) is 8.78. The SMILES string of the molecule is C=CCc1cc(C(=O)N2CCN(c3ccc(F)cc3)CC2)cc(OC)c1OC. The van der Waals surface area contributed by atoms with Crippen molar-refractivity contribution in [2.75, 3.05) is 45.3 Å². The molecule has 6 heteroatoms. The Labute approximate surface area is 165 Å². The van der Waals surface area contributed by atoms with E-state index in [0.29, 0.717) is 49.7 Å². The predicted octanol–water partition coefficient (Wildman–Crippen LogP) is 3.53. The smallest absolute Gasteiger partial charge is 0.254 e. The van der Waals surface area contributed by atoms with Gasteiger partial charge in [0.2, 0.25) is 0 Å². The van der Waals surface area contributed by atoms with E-state index in [4.69, 9.17) is 9.47 Å². The van der Waals surface area contributed by atoms with Crippen LogP contribution in [0, 0.1) is 5.82 Å². The Hall–Kier alpha value is -3.02. The van der Waals surface area contributed by atoms with E-state index in [1.165, 1.54) is 12.1 Å². The summed E-state index contributed by atoms with van der Waals surface area (Å²) in [7, 11) is 3.14. The van der Waals surface area contributed by atoms with Crippen molar-refractivity contribution in [3.8, 4) is 11.5 Å². The summed E-state index contributed by atoms with van der Waals surface area (Å²) in [6.07, 6.45) is 2.35. The van der Waals surface area contributed by atoms with Crippen LogP contribution in [0.2, 0.25) is 0 Å². The number of carbonyl (C=O) groups is 1. The van der Waals surface area contributed by atoms with Crippen molar-refractivity contribution < 1.29 is 18.7 Å². The van der Waals surface area contributed by atoms with Crippen molar-refractivity contribution in [1.82, 2.24) is 4.90 Å². The molecule has 0 spiro atoms. The van der Waals surface area contributed by atoms with Gasteiger partial charge in [-0.3, -0.25) is 4.79 Å². The van der Waals surface area contributed by atoms with Crippen LogP contribution in [-0.4, -0.2) is 51.2 Å². The zero-order chi connectivity index (χ0) is 20.1. The first kappa shape index (κ1) is 19.7. The zero-order valence-corrected chi connectivity index (χ0v) is 16.3. The van der Waals surface area contributed by atoms with Crippen molar-refractivity contribution >= 4 is 11.6 Å². The van der Waals surface area contributed by atoms with Crippen LogP contribution >= 0.6 is 0 Å². The number of halogens is 1. The molecule has 1 aliphatic heterocycles. The summed E-state index contributed by atoms with van der Waals surface area (Å²) in [5, 5.41) is 0. The number of amides is 1. The van der Waals surface area contributed by atoms with Gasteiger partial charge in [-0.25, -0.2) is 4.39 Å². The van der Waals surface area contributed by atoms with Crippen LogP contribution in [-0.2, 0) is 6.42 Å². The van der Waals surface area contributed by atoms with E-state index in [9.17, 15) is 9.18 Å². The first-order valence-electron chi connectivity index (χ1n) is 9.23. The number of carbonyl (C=O) groups excluding carboxylic acids is 1. The number of rotatable bonds is 6. The number of allylic oxidation sites excluding steroid dienone is 1. The zero-order valence-electron chi connectivity index (χ0n) is 16.3. The second-order valence-corrected chi connectivity index (χ2v) is 6.62. The molecule has 0 atom stereocenters. The van der Waals surface area contributed by atoms with Gasteiger partial charge < -0.3 is 19.3 Å². The van der Waals surface area contributed by atoms with Crippen LogP contribution in [0.5, 0.6) is 11.5 Å². The summed E-state index contributed by atoms with van der Waals surface area (Å²) in [5.41, 5.74) is 2.41. The molecule has 2 aromatic carbocycles. The highest BCUT2D eigenvalue weighted by molar-refractivity contribution is 5.95. The molecule has 3 rings (SSSR count). The molecule has 0 bridgehead atoms. The lowest BCUT2D eigenvalue weighted by Crippen LogP contribution is -2.48. The van der Waals surface area contributed by atoms with Gasteiger partial charge in [0.05, 0.1) is 14.2 Å². The number of methoxy groups -OCH3 is 2. The highest BCUT2D eigenvalue weighted by Gasteiger charge is 2.24. The molecule has 1 fully saturated rings. The fourth-order valence-corrected chi connectivity index (χ4v) is 3.48. The third-order valence-corrected chi connectivity index (χ3v) is 4.93. The van der Waals surface area contributed by atoms with E-state index in [1.54, 1.807) is 38.5 Å². The number of nitrogens with zero attached hydrogens (tertiary/aromatic N) is 2. The number of anilines is 1. The summed E-state index contributed by atoms with van der Waals surface area (Å²) in [4.78, 5) is 17.0. The minimum Gasteiger partial charge on any atom is -0.493 e.